The summed E-state index contributed by atoms with van der Waals surface area (Å²) in [6.07, 6.45) is 0. The van der Waals surface area contributed by atoms with Crippen molar-refractivity contribution in [3.8, 4) is 11.5 Å². The van der Waals surface area contributed by atoms with Crippen LogP contribution in [0.3, 0.4) is 0 Å². The Bertz CT molecular complexity index is 616. The molecule has 20 heavy (non-hydrogen) atoms. The Morgan fingerprint density at radius 3 is 2.45 bits per heavy atom. The average Bonchev–Trinajstić information content (AvgIpc) is 2.45. The summed E-state index contributed by atoms with van der Waals surface area (Å²) in [4.78, 5) is 10.4. The smallest absolute Gasteiger partial charge is 0.352 e. The summed E-state index contributed by atoms with van der Waals surface area (Å²) in [5, 5.41) is 11.0. The van der Waals surface area contributed by atoms with Crippen LogP contribution < -0.4 is 9.47 Å². The molecular formula is C14H12FNO4. The number of rotatable bonds is 5. The molecule has 0 spiro atoms. The lowest BCUT2D eigenvalue weighted by Crippen LogP contribution is -2.02. The third-order valence-electron chi connectivity index (χ3n) is 2.64. The van der Waals surface area contributed by atoms with Crippen molar-refractivity contribution < 1.29 is 18.8 Å². The summed E-state index contributed by atoms with van der Waals surface area (Å²) in [6.45, 7) is 0.105. The van der Waals surface area contributed by atoms with Gasteiger partial charge in [-0.15, -0.1) is 0 Å². The molecule has 2 rings (SSSR count). The van der Waals surface area contributed by atoms with Crippen molar-refractivity contribution in [3.05, 3.63) is 64.0 Å². The molecule has 0 atom stereocenters. The van der Waals surface area contributed by atoms with E-state index in [4.69, 9.17) is 9.47 Å². The third kappa shape index (κ3) is 3.03. The fraction of sp³-hybridized carbons (Fsp3) is 0.143. The van der Waals surface area contributed by atoms with E-state index in [2.05, 4.69) is 0 Å². The number of nitro benzene ring substituents is 1. The molecule has 0 saturated heterocycles. The van der Waals surface area contributed by atoms with Crippen molar-refractivity contribution in [3.63, 3.8) is 0 Å². The van der Waals surface area contributed by atoms with Crippen LogP contribution in [0.15, 0.2) is 42.5 Å². The summed E-state index contributed by atoms with van der Waals surface area (Å²) in [7, 11) is 1.24. The van der Waals surface area contributed by atoms with Crippen molar-refractivity contribution >= 4 is 5.69 Å². The topological polar surface area (TPSA) is 61.6 Å². The summed E-state index contributed by atoms with van der Waals surface area (Å²) in [5.74, 6) is -0.982. The molecule has 0 aromatic heterocycles. The Labute approximate surface area is 114 Å². The number of methoxy groups -OCH3 is 1. The van der Waals surface area contributed by atoms with Crippen LogP contribution in [0.5, 0.6) is 11.5 Å². The van der Waals surface area contributed by atoms with Crippen LogP contribution in [-0.4, -0.2) is 12.0 Å². The standard InChI is InChI=1S/C14H12FNO4/c1-19-12-7-11(15)8-13(14(12)16(17)18)20-9-10-5-3-2-4-6-10/h2-8H,9H2,1H3. The minimum absolute atomic E-state index is 0.105. The number of halogens is 1. The molecule has 0 aliphatic rings. The van der Waals surface area contributed by atoms with E-state index < -0.39 is 10.7 Å². The molecule has 0 fully saturated rings. The highest BCUT2D eigenvalue weighted by Crippen LogP contribution is 2.37. The summed E-state index contributed by atoms with van der Waals surface area (Å²) < 4.78 is 23.6. The van der Waals surface area contributed by atoms with Crippen molar-refractivity contribution in [1.82, 2.24) is 0 Å². The van der Waals surface area contributed by atoms with Gasteiger partial charge in [-0.05, 0) is 5.56 Å². The van der Waals surface area contributed by atoms with Crippen LogP contribution in [0, 0.1) is 15.9 Å². The zero-order chi connectivity index (χ0) is 14.5. The van der Waals surface area contributed by atoms with Crippen LogP contribution in [0.4, 0.5) is 10.1 Å². The molecule has 5 nitrogen and oxygen atoms in total. The SMILES string of the molecule is COc1cc(F)cc(OCc2ccccc2)c1[N+](=O)[O-]. The number of hydrogen-bond donors (Lipinski definition) is 0. The van der Waals surface area contributed by atoms with Gasteiger partial charge in [0.25, 0.3) is 0 Å². The van der Waals surface area contributed by atoms with E-state index >= 15 is 0 Å². The summed E-state index contributed by atoms with van der Waals surface area (Å²) in [5.41, 5.74) is 0.440. The largest absolute Gasteiger partial charge is 0.490 e. The molecule has 0 N–H and O–H groups in total. The monoisotopic (exact) mass is 277 g/mol. The van der Waals surface area contributed by atoms with E-state index in [1.54, 1.807) is 0 Å². The van der Waals surface area contributed by atoms with Crippen molar-refractivity contribution in [1.29, 1.82) is 0 Å². The van der Waals surface area contributed by atoms with Gasteiger partial charge in [0, 0.05) is 12.1 Å². The van der Waals surface area contributed by atoms with E-state index in [0.29, 0.717) is 0 Å². The van der Waals surface area contributed by atoms with Crippen molar-refractivity contribution in [2.45, 2.75) is 6.61 Å². The van der Waals surface area contributed by atoms with Gasteiger partial charge >= 0.3 is 5.69 Å². The van der Waals surface area contributed by atoms with Crippen molar-refractivity contribution in [2.24, 2.45) is 0 Å². The molecule has 6 heteroatoms. The Kier molecular flexibility index (Phi) is 4.14. The van der Waals surface area contributed by atoms with Gasteiger partial charge in [-0.1, -0.05) is 30.3 Å². The number of nitro groups is 1. The van der Waals surface area contributed by atoms with Gasteiger partial charge in [0.1, 0.15) is 12.4 Å². The van der Waals surface area contributed by atoms with Gasteiger partial charge in [0.2, 0.25) is 11.5 Å². The Morgan fingerprint density at radius 2 is 1.85 bits per heavy atom. The normalized spacial score (nSPS) is 10.1. The molecule has 0 bridgehead atoms. The van der Waals surface area contributed by atoms with E-state index in [9.17, 15) is 14.5 Å². The zero-order valence-corrected chi connectivity index (χ0v) is 10.7. The van der Waals surface area contributed by atoms with Gasteiger partial charge < -0.3 is 9.47 Å². The molecule has 0 radical (unpaired) electrons. The molecule has 0 aliphatic heterocycles. The van der Waals surface area contributed by atoms with Gasteiger partial charge in [-0.2, -0.15) is 0 Å². The van der Waals surface area contributed by atoms with Crippen LogP contribution in [0.1, 0.15) is 5.56 Å². The minimum Gasteiger partial charge on any atom is -0.490 e. The van der Waals surface area contributed by atoms with Crippen LogP contribution in [-0.2, 0) is 6.61 Å². The second-order valence-corrected chi connectivity index (χ2v) is 3.99. The Balaban J connectivity index is 2.30. The Morgan fingerprint density at radius 1 is 1.20 bits per heavy atom. The molecule has 0 amide bonds. The molecular weight excluding hydrogens is 265 g/mol. The number of hydrogen-bond acceptors (Lipinski definition) is 4. The van der Waals surface area contributed by atoms with Crippen molar-refractivity contribution in [2.75, 3.05) is 7.11 Å². The first-order chi connectivity index (χ1) is 9.61. The Hall–Kier alpha value is -2.63. The first-order valence-corrected chi connectivity index (χ1v) is 5.80. The minimum atomic E-state index is -0.657. The van der Waals surface area contributed by atoms with Gasteiger partial charge in [0.05, 0.1) is 12.0 Å². The lowest BCUT2D eigenvalue weighted by molar-refractivity contribution is -0.386. The molecule has 2 aromatic rings. The fourth-order valence-corrected chi connectivity index (χ4v) is 1.73. The molecule has 2 aromatic carbocycles. The number of nitrogens with zero attached hydrogens (tertiary/aromatic N) is 1. The highest BCUT2D eigenvalue weighted by molar-refractivity contribution is 5.57. The van der Waals surface area contributed by atoms with Crippen LogP contribution in [0.25, 0.3) is 0 Å². The predicted molar refractivity (Wildman–Crippen MR) is 70.4 cm³/mol. The molecule has 0 saturated carbocycles. The number of ether oxygens (including phenoxy) is 2. The maximum absolute atomic E-state index is 13.4. The predicted octanol–water partition coefficient (Wildman–Crippen LogP) is 3.32. The fourth-order valence-electron chi connectivity index (χ4n) is 1.73. The quantitative estimate of drug-likeness (QED) is 0.621. The van der Waals surface area contributed by atoms with E-state index in [-0.39, 0.29) is 23.8 Å². The summed E-state index contributed by atoms with van der Waals surface area (Å²) in [6, 6.07) is 11.0. The lowest BCUT2D eigenvalue weighted by Gasteiger charge is -2.09. The number of benzene rings is 2. The second-order valence-electron chi connectivity index (χ2n) is 3.99. The van der Waals surface area contributed by atoms with Crippen LogP contribution in [0.2, 0.25) is 0 Å². The molecule has 104 valence electrons. The second kappa shape index (κ2) is 6.01. The first-order valence-electron chi connectivity index (χ1n) is 5.80. The molecule has 0 unspecified atom stereocenters. The zero-order valence-electron chi connectivity index (χ0n) is 10.7. The highest BCUT2D eigenvalue weighted by atomic mass is 19.1. The third-order valence-corrected chi connectivity index (χ3v) is 2.64. The van der Waals surface area contributed by atoms with E-state index in [1.807, 2.05) is 30.3 Å². The van der Waals surface area contributed by atoms with Gasteiger partial charge in [-0.25, -0.2) is 4.39 Å². The molecule has 0 aliphatic carbocycles. The van der Waals surface area contributed by atoms with Gasteiger partial charge in [-0.3, -0.25) is 10.1 Å². The summed E-state index contributed by atoms with van der Waals surface area (Å²) >= 11 is 0. The maximum Gasteiger partial charge on any atom is 0.352 e. The molecule has 0 heterocycles. The van der Waals surface area contributed by atoms with E-state index in [0.717, 1.165) is 17.7 Å². The maximum atomic E-state index is 13.4. The highest BCUT2D eigenvalue weighted by Gasteiger charge is 2.24. The van der Waals surface area contributed by atoms with Gasteiger partial charge in [0.15, 0.2) is 0 Å². The van der Waals surface area contributed by atoms with Crippen LogP contribution >= 0.6 is 0 Å². The van der Waals surface area contributed by atoms with E-state index in [1.165, 1.54) is 7.11 Å². The first kappa shape index (κ1) is 13.8. The average molecular weight is 277 g/mol. The lowest BCUT2D eigenvalue weighted by atomic mass is 10.2.